The summed E-state index contributed by atoms with van der Waals surface area (Å²) in [5.41, 5.74) is 1.32. The molecule has 10 saturated carbocycles. The third-order valence-corrected chi connectivity index (χ3v) is 26.6. The average Bonchev–Trinajstić information content (AvgIpc) is 4.25. The molecule has 0 spiro atoms. The monoisotopic (exact) mass is 1120 g/mol. The highest BCUT2D eigenvalue weighted by Gasteiger charge is 2.38. The van der Waals surface area contributed by atoms with Crippen LogP contribution in [0.5, 0.6) is 0 Å². The third-order valence-electron chi connectivity index (χ3n) is 26.6. The summed E-state index contributed by atoms with van der Waals surface area (Å²) in [6.07, 6.45) is 35.1. The van der Waals surface area contributed by atoms with Crippen LogP contribution in [0.2, 0.25) is 0 Å². The normalized spacial score (nSPS) is 41.8. The molecule has 10 rings (SSSR count). The zero-order valence-electron chi connectivity index (χ0n) is 61.4. The summed E-state index contributed by atoms with van der Waals surface area (Å²) in [4.78, 5) is 0. The minimum Gasteiger partial charge on any atom is -0.0651 e. The highest BCUT2D eigenvalue weighted by atomic mass is 14.4. The first-order chi connectivity index (χ1) is 37.1. The molecule has 0 amide bonds. The second-order valence-electron chi connectivity index (χ2n) is 34.8. The fraction of sp³-hybridized carbons (Fsp3) is 1.00. The Kier molecular flexibility index (Phi) is 38.0. The molecule has 0 radical (unpaired) electrons. The van der Waals surface area contributed by atoms with Crippen molar-refractivity contribution in [2.24, 2.45) is 159 Å². The van der Waals surface area contributed by atoms with Gasteiger partial charge in [-0.3, -0.25) is 0 Å². The van der Waals surface area contributed by atoms with Crippen molar-refractivity contribution in [3.63, 3.8) is 0 Å². The van der Waals surface area contributed by atoms with Crippen LogP contribution in [0.15, 0.2) is 0 Å². The predicted molar refractivity (Wildman–Crippen MR) is 367 cm³/mol. The van der Waals surface area contributed by atoms with E-state index in [2.05, 4.69) is 201 Å². The standard InChI is InChI=1S/10C8H16/c2*1-6-4-7(2)8(3)5-6;1-6(2)8-4-7(3)5-8;1-7-4-5-8(2,3)6-7;1-7-5-4-6-8(7,2)3;2*1-6-4-5-7(2)8(6)3;1-5-6(2)8(4)7(5)3;1-3-8-6-4-5-7(8)2;1-3-7(2)8-5-4-6-8/h3*6-8H,4-5H2,1-3H3;2*7H,4-6H2,1-3H3;2*6-8H,4-5H2,1-3H3;5-8H,1-4H3;2*7-8H,3-6H2,1-2H3/t6?,7-,8?;;;;;;;;;/m0........./s1. The molecule has 0 heteroatoms. The van der Waals surface area contributed by atoms with Gasteiger partial charge in [-0.2, -0.15) is 0 Å². The van der Waals surface area contributed by atoms with Crippen LogP contribution < -0.4 is 0 Å². The summed E-state index contributed by atoms with van der Waals surface area (Å²) in [6.45, 7) is 68.5. The van der Waals surface area contributed by atoms with Gasteiger partial charge in [-0.25, -0.2) is 0 Å². The highest BCUT2D eigenvalue weighted by Crippen LogP contribution is 2.46. The van der Waals surface area contributed by atoms with Crippen LogP contribution in [0.4, 0.5) is 0 Å². The molecule has 10 fully saturated rings. The zero-order chi connectivity index (χ0) is 61.4. The molecule has 14 atom stereocenters. The van der Waals surface area contributed by atoms with Crippen LogP contribution in [0.3, 0.4) is 0 Å². The van der Waals surface area contributed by atoms with E-state index in [0.29, 0.717) is 10.8 Å². The molecule has 0 aromatic rings. The van der Waals surface area contributed by atoms with Crippen molar-refractivity contribution in [1.82, 2.24) is 0 Å². The van der Waals surface area contributed by atoms with Crippen LogP contribution in [-0.2, 0) is 0 Å². The summed E-state index contributed by atoms with van der Waals surface area (Å²) in [5.74, 6) is 25.0. The van der Waals surface area contributed by atoms with Crippen LogP contribution in [0, 0.1) is 159 Å². The van der Waals surface area contributed by atoms with E-state index >= 15 is 0 Å². The van der Waals surface area contributed by atoms with Crippen LogP contribution in [0.1, 0.15) is 355 Å². The second kappa shape index (κ2) is 39.0. The summed E-state index contributed by atoms with van der Waals surface area (Å²) in [5, 5.41) is 0. The highest BCUT2D eigenvalue weighted by molar-refractivity contribution is 4.87. The fourth-order valence-electron chi connectivity index (χ4n) is 16.6. The summed E-state index contributed by atoms with van der Waals surface area (Å²) in [7, 11) is 0. The smallest absolute Gasteiger partial charge is 0.0329 e. The molecule has 0 heterocycles. The van der Waals surface area contributed by atoms with Gasteiger partial charge in [0, 0.05) is 0 Å². The van der Waals surface area contributed by atoms with Crippen molar-refractivity contribution in [1.29, 1.82) is 0 Å². The van der Waals surface area contributed by atoms with Crippen LogP contribution >= 0.6 is 0 Å². The van der Waals surface area contributed by atoms with Crippen molar-refractivity contribution >= 4 is 0 Å². The van der Waals surface area contributed by atoms with Gasteiger partial charge in [-0.1, -0.05) is 297 Å². The molecular formula is C80H160. The largest absolute Gasteiger partial charge is 0.0651 e. The minimum atomic E-state index is 0.653. The Labute approximate surface area is 511 Å². The SMILES string of the molecule is CC1C(C)C(C)C1C.CC1CC(C(C)C)C1.CC1CC(C)C(C)C1.CC1CC(C)[C@@H](C)C1.CC1CCC(C)(C)C1.CC1CCC(C)C1C.CC1CCC(C)C1C.CC1CCCC1(C)C.CCC(C)C1CCC1.CCC1CCCC1C. The van der Waals surface area contributed by atoms with Gasteiger partial charge in [-0.05, 0) is 217 Å². The van der Waals surface area contributed by atoms with Crippen molar-refractivity contribution < 1.29 is 0 Å². The Morgan fingerprint density at radius 3 is 0.825 bits per heavy atom. The molecule has 10 aliphatic rings. The molecule has 0 nitrogen and oxygen atoms in total. The van der Waals surface area contributed by atoms with E-state index in [4.69, 9.17) is 0 Å². The van der Waals surface area contributed by atoms with E-state index in [-0.39, 0.29) is 0 Å². The lowest BCUT2D eigenvalue weighted by molar-refractivity contribution is 0.0302. The van der Waals surface area contributed by atoms with E-state index in [1.165, 1.54) is 154 Å². The van der Waals surface area contributed by atoms with E-state index in [1.807, 2.05) is 0 Å². The molecule has 10 aliphatic carbocycles. The Balaban J connectivity index is 0.000000444. The predicted octanol–water partition coefficient (Wildman–Crippen LogP) is 27.3. The third kappa shape index (κ3) is 29.1. The van der Waals surface area contributed by atoms with Crippen LogP contribution in [-0.4, -0.2) is 0 Å². The second-order valence-corrected chi connectivity index (χ2v) is 34.8. The Bertz CT molecular complexity index is 1350. The molecule has 80 heavy (non-hydrogen) atoms. The van der Waals surface area contributed by atoms with Gasteiger partial charge in [-0.15, -0.1) is 0 Å². The molecule has 13 unspecified atom stereocenters. The van der Waals surface area contributed by atoms with Crippen molar-refractivity contribution in [3.05, 3.63) is 0 Å². The Morgan fingerprint density at radius 1 is 0.338 bits per heavy atom. The molecule has 0 aliphatic heterocycles. The summed E-state index contributed by atoms with van der Waals surface area (Å²) < 4.78 is 0. The van der Waals surface area contributed by atoms with E-state index in [1.54, 1.807) is 0 Å². The first-order valence-corrected chi connectivity index (χ1v) is 37.1. The lowest BCUT2D eigenvalue weighted by Gasteiger charge is -2.45. The molecule has 0 saturated heterocycles. The molecule has 0 aromatic carbocycles. The number of hydrogen-bond acceptors (Lipinski definition) is 0. The molecule has 0 aromatic heterocycles. The van der Waals surface area contributed by atoms with Crippen molar-refractivity contribution in [2.75, 3.05) is 0 Å². The maximum Gasteiger partial charge on any atom is -0.0329 e. The van der Waals surface area contributed by atoms with Gasteiger partial charge in [0.05, 0.1) is 0 Å². The molecule has 480 valence electrons. The maximum atomic E-state index is 2.39. The Morgan fingerprint density at radius 2 is 0.713 bits per heavy atom. The van der Waals surface area contributed by atoms with E-state index in [9.17, 15) is 0 Å². The van der Waals surface area contributed by atoms with Crippen molar-refractivity contribution in [2.45, 2.75) is 355 Å². The van der Waals surface area contributed by atoms with Crippen molar-refractivity contribution in [3.8, 4) is 0 Å². The first kappa shape index (κ1) is 78.0. The van der Waals surface area contributed by atoms with Gasteiger partial charge >= 0.3 is 0 Å². The summed E-state index contributed by atoms with van der Waals surface area (Å²) in [6, 6.07) is 0. The maximum absolute atomic E-state index is 2.39. The first-order valence-electron chi connectivity index (χ1n) is 37.1. The summed E-state index contributed by atoms with van der Waals surface area (Å²) >= 11 is 0. The van der Waals surface area contributed by atoms with Gasteiger partial charge in [0.1, 0.15) is 0 Å². The van der Waals surface area contributed by atoms with Gasteiger partial charge < -0.3 is 0 Å². The number of hydrogen-bond donors (Lipinski definition) is 0. The van der Waals surface area contributed by atoms with Crippen LogP contribution in [0.25, 0.3) is 0 Å². The quantitative estimate of drug-likeness (QED) is 0.263. The molecular weight excluding hydrogens is 961 g/mol. The topological polar surface area (TPSA) is 0 Å². The number of rotatable bonds is 4. The minimum absolute atomic E-state index is 0.653. The van der Waals surface area contributed by atoms with E-state index in [0.717, 1.165) is 148 Å². The lowest BCUT2D eigenvalue weighted by Crippen LogP contribution is -2.39. The van der Waals surface area contributed by atoms with Gasteiger partial charge in [0.25, 0.3) is 0 Å². The average molecular weight is 1120 g/mol. The van der Waals surface area contributed by atoms with Gasteiger partial charge in [0.2, 0.25) is 0 Å². The molecule has 0 N–H and O–H groups in total. The zero-order valence-corrected chi connectivity index (χ0v) is 61.4. The lowest BCUT2D eigenvalue weighted by atomic mass is 9.60. The van der Waals surface area contributed by atoms with E-state index < -0.39 is 0 Å². The Hall–Kier alpha value is 0. The van der Waals surface area contributed by atoms with Gasteiger partial charge in [0.15, 0.2) is 0 Å². The molecule has 0 bridgehead atoms. The fourth-order valence-corrected chi connectivity index (χ4v) is 16.6.